The van der Waals surface area contributed by atoms with Gasteiger partial charge in [0.05, 0.1) is 10.6 Å². The zero-order valence-corrected chi connectivity index (χ0v) is 18.2. The van der Waals surface area contributed by atoms with E-state index in [-0.39, 0.29) is 16.8 Å². The van der Waals surface area contributed by atoms with Gasteiger partial charge in [0.15, 0.2) is 5.13 Å². The van der Waals surface area contributed by atoms with Crippen LogP contribution >= 0.6 is 11.3 Å². The SMILES string of the molecule is C[C@H]1CCCCN1S(=O)(=O)c1ccc(C(=O)Nc2nc(-c3ccccc3)cs2)cc1. The number of benzene rings is 2. The molecule has 0 unspecified atom stereocenters. The van der Waals surface area contributed by atoms with E-state index in [2.05, 4.69) is 10.3 Å². The summed E-state index contributed by atoms with van der Waals surface area (Å²) in [6.07, 6.45) is 2.80. The summed E-state index contributed by atoms with van der Waals surface area (Å²) in [5.74, 6) is -0.320. The first-order chi connectivity index (χ1) is 14.4. The lowest BCUT2D eigenvalue weighted by molar-refractivity contribution is 0.102. The van der Waals surface area contributed by atoms with Gasteiger partial charge in [0.1, 0.15) is 0 Å². The zero-order valence-electron chi connectivity index (χ0n) is 16.6. The predicted octanol–water partition coefficient (Wildman–Crippen LogP) is 4.63. The molecule has 0 saturated carbocycles. The van der Waals surface area contributed by atoms with Crippen LogP contribution in [0.5, 0.6) is 0 Å². The Morgan fingerprint density at radius 2 is 1.83 bits per heavy atom. The standard InChI is InChI=1S/C22H23N3O3S2/c1-16-7-5-6-14-25(16)30(27,28)19-12-10-18(11-13-19)21(26)24-22-23-20(15-29-22)17-8-3-2-4-9-17/h2-4,8-13,15-16H,5-7,14H2,1H3,(H,23,24,26)/t16-/m0/s1. The van der Waals surface area contributed by atoms with Gasteiger partial charge in [0.2, 0.25) is 10.0 Å². The largest absolute Gasteiger partial charge is 0.298 e. The van der Waals surface area contributed by atoms with E-state index in [4.69, 9.17) is 0 Å². The molecule has 1 aromatic heterocycles. The molecule has 1 N–H and O–H groups in total. The van der Waals surface area contributed by atoms with Crippen molar-refractivity contribution in [3.63, 3.8) is 0 Å². The van der Waals surface area contributed by atoms with Crippen LogP contribution in [0.4, 0.5) is 5.13 Å². The van der Waals surface area contributed by atoms with E-state index >= 15 is 0 Å². The second kappa shape index (κ2) is 8.67. The number of anilines is 1. The van der Waals surface area contributed by atoms with Crippen LogP contribution in [0, 0.1) is 0 Å². The molecule has 1 aliphatic heterocycles. The quantitative estimate of drug-likeness (QED) is 0.626. The maximum Gasteiger partial charge on any atom is 0.257 e. The van der Waals surface area contributed by atoms with Gasteiger partial charge in [-0.3, -0.25) is 10.1 Å². The number of sulfonamides is 1. The van der Waals surface area contributed by atoms with Crippen molar-refractivity contribution in [3.8, 4) is 11.3 Å². The van der Waals surface area contributed by atoms with Gasteiger partial charge in [-0.1, -0.05) is 36.8 Å². The normalized spacial score (nSPS) is 17.6. The summed E-state index contributed by atoms with van der Waals surface area (Å²) in [7, 11) is -3.55. The smallest absolute Gasteiger partial charge is 0.257 e. The highest BCUT2D eigenvalue weighted by molar-refractivity contribution is 7.89. The molecule has 156 valence electrons. The molecule has 0 aliphatic carbocycles. The summed E-state index contributed by atoms with van der Waals surface area (Å²) in [5.41, 5.74) is 2.17. The van der Waals surface area contributed by atoms with E-state index in [0.717, 1.165) is 30.5 Å². The predicted molar refractivity (Wildman–Crippen MR) is 119 cm³/mol. The first-order valence-corrected chi connectivity index (χ1v) is 12.2. The summed E-state index contributed by atoms with van der Waals surface area (Å²) in [6, 6.07) is 15.8. The molecule has 8 heteroatoms. The first-order valence-electron chi connectivity index (χ1n) is 9.89. The third kappa shape index (κ3) is 4.30. The number of nitrogens with zero attached hydrogens (tertiary/aromatic N) is 2. The molecule has 1 saturated heterocycles. The van der Waals surface area contributed by atoms with Gasteiger partial charge in [0.25, 0.3) is 5.91 Å². The maximum atomic E-state index is 12.9. The molecule has 4 rings (SSSR count). The zero-order chi connectivity index (χ0) is 21.1. The van der Waals surface area contributed by atoms with Gasteiger partial charge in [0, 0.05) is 29.1 Å². The highest BCUT2D eigenvalue weighted by Crippen LogP contribution is 2.27. The molecular weight excluding hydrogens is 418 g/mol. The van der Waals surface area contributed by atoms with E-state index in [9.17, 15) is 13.2 Å². The van der Waals surface area contributed by atoms with Gasteiger partial charge in [-0.05, 0) is 44.0 Å². The van der Waals surface area contributed by atoms with Gasteiger partial charge in [-0.15, -0.1) is 11.3 Å². The average molecular weight is 442 g/mol. The molecule has 1 amide bonds. The monoisotopic (exact) mass is 441 g/mol. The molecule has 30 heavy (non-hydrogen) atoms. The summed E-state index contributed by atoms with van der Waals surface area (Å²) in [5, 5.41) is 5.17. The van der Waals surface area contributed by atoms with Crippen molar-refractivity contribution in [2.45, 2.75) is 37.1 Å². The van der Waals surface area contributed by atoms with Gasteiger partial charge in [-0.25, -0.2) is 13.4 Å². The molecule has 0 bridgehead atoms. The van der Waals surface area contributed by atoms with E-state index in [1.54, 1.807) is 16.4 Å². The van der Waals surface area contributed by atoms with Crippen LogP contribution in [0.3, 0.4) is 0 Å². The minimum Gasteiger partial charge on any atom is -0.298 e. The number of nitrogens with one attached hydrogen (secondary N) is 1. The molecule has 2 heterocycles. The topological polar surface area (TPSA) is 79.4 Å². The third-order valence-electron chi connectivity index (χ3n) is 5.26. The van der Waals surface area contributed by atoms with Crippen molar-refractivity contribution >= 4 is 32.4 Å². The fourth-order valence-corrected chi connectivity index (χ4v) is 6.00. The van der Waals surface area contributed by atoms with Crippen LogP contribution in [0.2, 0.25) is 0 Å². The van der Waals surface area contributed by atoms with Crippen LogP contribution in [0.1, 0.15) is 36.5 Å². The lowest BCUT2D eigenvalue weighted by Crippen LogP contribution is -2.41. The Bertz CT molecular complexity index is 1130. The van der Waals surface area contributed by atoms with Crippen molar-refractivity contribution in [2.75, 3.05) is 11.9 Å². The Hall–Kier alpha value is -2.55. The van der Waals surface area contributed by atoms with Crippen LogP contribution in [0.15, 0.2) is 64.9 Å². The molecule has 0 radical (unpaired) electrons. The average Bonchev–Trinajstić information content (AvgIpc) is 3.23. The Labute approximate surface area is 180 Å². The number of amides is 1. The van der Waals surface area contributed by atoms with Crippen molar-refractivity contribution in [3.05, 3.63) is 65.5 Å². The summed E-state index contributed by atoms with van der Waals surface area (Å²) >= 11 is 1.35. The van der Waals surface area contributed by atoms with Crippen molar-refractivity contribution < 1.29 is 13.2 Å². The molecule has 1 fully saturated rings. The number of rotatable bonds is 5. The number of aromatic nitrogens is 1. The van der Waals surface area contributed by atoms with Crippen LogP contribution in [0.25, 0.3) is 11.3 Å². The summed E-state index contributed by atoms with van der Waals surface area (Å²) < 4.78 is 27.4. The number of carbonyl (C=O) groups is 1. The molecule has 1 aliphatic rings. The Balaban J connectivity index is 1.46. The van der Waals surface area contributed by atoms with Crippen molar-refractivity contribution in [2.24, 2.45) is 0 Å². The highest BCUT2D eigenvalue weighted by atomic mass is 32.2. The van der Waals surface area contributed by atoms with E-state index < -0.39 is 10.0 Å². The third-order valence-corrected chi connectivity index (χ3v) is 8.04. The van der Waals surface area contributed by atoms with Crippen molar-refractivity contribution in [1.82, 2.24) is 9.29 Å². The first kappa shape index (κ1) is 20.7. The maximum absolute atomic E-state index is 12.9. The number of thiazole rings is 1. The van der Waals surface area contributed by atoms with Gasteiger partial charge < -0.3 is 0 Å². The van der Waals surface area contributed by atoms with Crippen LogP contribution in [-0.4, -0.2) is 36.2 Å². The molecule has 2 aromatic carbocycles. The lowest BCUT2D eigenvalue weighted by Gasteiger charge is -2.32. The molecule has 1 atom stereocenters. The number of carbonyl (C=O) groups excluding carboxylic acids is 1. The highest BCUT2D eigenvalue weighted by Gasteiger charge is 2.30. The van der Waals surface area contributed by atoms with Crippen molar-refractivity contribution in [1.29, 1.82) is 0 Å². The van der Waals surface area contributed by atoms with Crippen LogP contribution in [-0.2, 0) is 10.0 Å². The molecule has 0 spiro atoms. The summed E-state index contributed by atoms with van der Waals surface area (Å²) in [6.45, 7) is 2.48. The lowest BCUT2D eigenvalue weighted by atomic mass is 10.1. The second-order valence-electron chi connectivity index (χ2n) is 7.34. The van der Waals surface area contributed by atoms with Crippen LogP contribution < -0.4 is 5.32 Å². The Morgan fingerprint density at radius 1 is 1.10 bits per heavy atom. The van der Waals surface area contributed by atoms with E-state index in [1.807, 2.05) is 42.6 Å². The van der Waals surface area contributed by atoms with E-state index in [1.165, 1.54) is 23.5 Å². The fraction of sp³-hybridized carbons (Fsp3) is 0.273. The number of hydrogen-bond acceptors (Lipinski definition) is 5. The van der Waals surface area contributed by atoms with Gasteiger partial charge in [-0.2, -0.15) is 4.31 Å². The molecule has 6 nitrogen and oxygen atoms in total. The number of hydrogen-bond donors (Lipinski definition) is 1. The molecule has 3 aromatic rings. The molecular formula is C22H23N3O3S2. The van der Waals surface area contributed by atoms with Gasteiger partial charge >= 0.3 is 0 Å². The van der Waals surface area contributed by atoms with E-state index in [0.29, 0.717) is 17.2 Å². The second-order valence-corrected chi connectivity index (χ2v) is 10.1. The minimum absolute atomic E-state index is 0.00422. The summed E-state index contributed by atoms with van der Waals surface area (Å²) in [4.78, 5) is 17.2. The minimum atomic E-state index is -3.55. The number of piperidine rings is 1. The fourth-order valence-electron chi connectivity index (χ4n) is 3.58. The Kier molecular flexibility index (Phi) is 5.99. The Morgan fingerprint density at radius 3 is 2.53 bits per heavy atom.